The molecule has 33 heavy (non-hydrogen) atoms. The fourth-order valence-electron chi connectivity index (χ4n) is 2.75. The van der Waals surface area contributed by atoms with Crippen molar-refractivity contribution in [1.29, 1.82) is 0 Å². The SMILES string of the molecule is [2H]C([2H])([2H])NC(=O)c1cc(Oc2ccc(NC(=O)Nc3ccc(C)c(C(F)(F)F)c3)c(F)c2)ccn1. The number of anilines is 2. The molecule has 7 nitrogen and oxygen atoms in total. The fraction of sp³-hybridized carbons (Fsp3) is 0.136. The number of carbonyl (C=O) groups is 2. The predicted molar refractivity (Wildman–Crippen MR) is 113 cm³/mol. The summed E-state index contributed by atoms with van der Waals surface area (Å²) in [6, 6.07) is 8.13. The van der Waals surface area contributed by atoms with Crippen molar-refractivity contribution < 1.29 is 36.0 Å². The first-order valence-electron chi connectivity index (χ1n) is 10.7. The van der Waals surface area contributed by atoms with Gasteiger partial charge in [0.05, 0.1) is 11.3 Å². The number of alkyl halides is 3. The lowest BCUT2D eigenvalue weighted by Crippen LogP contribution is -2.20. The van der Waals surface area contributed by atoms with Gasteiger partial charge in [-0.15, -0.1) is 0 Å². The third-order valence-electron chi connectivity index (χ3n) is 4.30. The molecule has 0 spiro atoms. The van der Waals surface area contributed by atoms with Crippen molar-refractivity contribution in [2.24, 2.45) is 0 Å². The Bertz CT molecular complexity index is 1300. The average Bonchev–Trinajstić information content (AvgIpc) is 2.75. The first-order chi connectivity index (χ1) is 16.7. The van der Waals surface area contributed by atoms with Gasteiger partial charge in [-0.25, -0.2) is 9.18 Å². The second-order valence-electron chi connectivity index (χ2n) is 6.68. The number of pyridine rings is 1. The molecule has 3 amide bonds. The number of benzene rings is 2. The van der Waals surface area contributed by atoms with Crippen LogP contribution in [-0.4, -0.2) is 23.9 Å². The summed E-state index contributed by atoms with van der Waals surface area (Å²) in [5, 5.41) is 6.17. The Morgan fingerprint density at radius 2 is 1.79 bits per heavy atom. The number of aryl methyl sites for hydroxylation is 1. The van der Waals surface area contributed by atoms with Crippen molar-refractivity contribution in [2.45, 2.75) is 13.1 Å². The summed E-state index contributed by atoms with van der Waals surface area (Å²) in [4.78, 5) is 27.9. The Hall–Kier alpha value is -4.15. The van der Waals surface area contributed by atoms with E-state index in [4.69, 9.17) is 8.85 Å². The molecule has 172 valence electrons. The van der Waals surface area contributed by atoms with Crippen LogP contribution in [0, 0.1) is 12.7 Å². The van der Waals surface area contributed by atoms with Gasteiger partial charge in [0.2, 0.25) is 0 Å². The number of amides is 3. The van der Waals surface area contributed by atoms with Crippen molar-refractivity contribution in [2.75, 3.05) is 17.6 Å². The standard InChI is InChI=1S/C22H18F4N4O3/c1-12-3-4-13(9-16(12)22(24,25)26)29-21(32)30-18-6-5-14(10-17(18)23)33-15-7-8-28-19(11-15)20(31)27-2/h3-11H,1-2H3,(H,27,31)(H2,29,30,32)/i2D3. The van der Waals surface area contributed by atoms with Gasteiger partial charge in [-0.1, -0.05) is 6.07 Å². The first kappa shape index (κ1) is 19.5. The summed E-state index contributed by atoms with van der Waals surface area (Å²) < 4.78 is 80.3. The van der Waals surface area contributed by atoms with Gasteiger partial charge in [0, 0.05) is 35.1 Å². The molecule has 1 aromatic heterocycles. The van der Waals surface area contributed by atoms with E-state index in [2.05, 4.69) is 15.6 Å². The number of ether oxygens (including phenoxy) is 1. The van der Waals surface area contributed by atoms with Gasteiger partial charge in [0.1, 0.15) is 23.0 Å². The minimum atomic E-state index is -4.60. The Labute approximate surface area is 190 Å². The minimum Gasteiger partial charge on any atom is -0.457 e. The van der Waals surface area contributed by atoms with E-state index in [9.17, 15) is 27.2 Å². The third-order valence-corrected chi connectivity index (χ3v) is 4.30. The molecule has 0 saturated carbocycles. The highest BCUT2D eigenvalue weighted by Crippen LogP contribution is 2.33. The van der Waals surface area contributed by atoms with E-state index in [0.29, 0.717) is 0 Å². The van der Waals surface area contributed by atoms with Gasteiger partial charge in [-0.05, 0) is 42.8 Å². The Morgan fingerprint density at radius 3 is 2.48 bits per heavy atom. The highest BCUT2D eigenvalue weighted by atomic mass is 19.4. The van der Waals surface area contributed by atoms with Crippen molar-refractivity contribution in [3.05, 3.63) is 77.4 Å². The smallest absolute Gasteiger partial charge is 0.416 e. The zero-order chi connectivity index (χ0) is 26.7. The van der Waals surface area contributed by atoms with Crippen LogP contribution in [0.15, 0.2) is 54.7 Å². The van der Waals surface area contributed by atoms with Gasteiger partial charge in [0.15, 0.2) is 0 Å². The molecular formula is C22H18F4N4O3. The molecule has 3 rings (SSSR count). The monoisotopic (exact) mass is 465 g/mol. The summed E-state index contributed by atoms with van der Waals surface area (Å²) in [6.07, 6.45) is -3.41. The average molecular weight is 465 g/mol. The number of aromatic nitrogens is 1. The molecule has 3 aromatic rings. The van der Waals surface area contributed by atoms with E-state index in [-0.39, 0.29) is 34.1 Å². The van der Waals surface area contributed by atoms with Crippen LogP contribution >= 0.6 is 0 Å². The van der Waals surface area contributed by atoms with Crippen molar-refractivity contribution >= 4 is 23.3 Å². The van der Waals surface area contributed by atoms with Crippen LogP contribution in [0.4, 0.5) is 33.7 Å². The van der Waals surface area contributed by atoms with Crippen LogP contribution in [0.2, 0.25) is 0 Å². The van der Waals surface area contributed by atoms with E-state index in [0.717, 1.165) is 24.3 Å². The maximum Gasteiger partial charge on any atom is 0.416 e. The molecule has 0 aliphatic carbocycles. The van der Waals surface area contributed by atoms with Gasteiger partial charge < -0.3 is 20.7 Å². The Kier molecular flexibility index (Phi) is 5.65. The van der Waals surface area contributed by atoms with Crippen LogP contribution in [0.1, 0.15) is 25.7 Å². The lowest BCUT2D eigenvalue weighted by molar-refractivity contribution is -0.138. The lowest BCUT2D eigenvalue weighted by Gasteiger charge is -2.14. The van der Waals surface area contributed by atoms with Crippen LogP contribution < -0.4 is 20.7 Å². The van der Waals surface area contributed by atoms with E-state index in [1.54, 1.807) is 5.32 Å². The van der Waals surface area contributed by atoms with Gasteiger partial charge in [-0.3, -0.25) is 9.78 Å². The number of halogens is 4. The normalized spacial score (nSPS) is 12.7. The summed E-state index contributed by atoms with van der Waals surface area (Å²) in [6.45, 7) is -1.43. The molecule has 0 aliphatic rings. The summed E-state index contributed by atoms with van der Waals surface area (Å²) >= 11 is 0. The molecule has 0 aliphatic heterocycles. The Morgan fingerprint density at radius 1 is 1.03 bits per heavy atom. The van der Waals surface area contributed by atoms with Crippen LogP contribution in [-0.2, 0) is 6.18 Å². The maximum atomic E-state index is 14.5. The first-order valence-corrected chi connectivity index (χ1v) is 9.23. The number of urea groups is 1. The molecule has 0 unspecified atom stereocenters. The van der Waals surface area contributed by atoms with Gasteiger partial charge in [-0.2, -0.15) is 13.2 Å². The minimum absolute atomic E-state index is 0.0192. The lowest BCUT2D eigenvalue weighted by atomic mass is 10.1. The molecule has 0 atom stereocenters. The summed E-state index contributed by atoms with van der Waals surface area (Å²) in [7, 11) is 0. The topological polar surface area (TPSA) is 92.4 Å². The number of hydrogen-bond donors (Lipinski definition) is 3. The van der Waals surface area contributed by atoms with E-state index in [1.165, 1.54) is 37.4 Å². The maximum absolute atomic E-state index is 14.5. The Balaban J connectivity index is 1.67. The van der Waals surface area contributed by atoms with Crippen LogP contribution in [0.5, 0.6) is 11.5 Å². The second kappa shape index (κ2) is 9.55. The zero-order valence-electron chi connectivity index (χ0n) is 19.9. The van der Waals surface area contributed by atoms with Crippen molar-refractivity contribution in [1.82, 2.24) is 10.3 Å². The molecule has 0 radical (unpaired) electrons. The third kappa shape index (κ3) is 5.97. The van der Waals surface area contributed by atoms with E-state index in [1.807, 2.05) is 0 Å². The zero-order valence-corrected chi connectivity index (χ0v) is 16.9. The van der Waals surface area contributed by atoms with Crippen molar-refractivity contribution in [3.63, 3.8) is 0 Å². The highest BCUT2D eigenvalue weighted by molar-refractivity contribution is 6.00. The molecule has 0 saturated heterocycles. The molecule has 0 bridgehead atoms. The van der Waals surface area contributed by atoms with E-state index < -0.39 is 36.5 Å². The number of nitrogens with zero attached hydrogens (tertiary/aromatic N) is 1. The summed E-state index contributed by atoms with van der Waals surface area (Å²) in [5.74, 6) is -1.86. The van der Waals surface area contributed by atoms with Gasteiger partial charge >= 0.3 is 12.2 Å². The van der Waals surface area contributed by atoms with Gasteiger partial charge in [0.25, 0.3) is 5.91 Å². The predicted octanol–water partition coefficient (Wildman–Crippen LogP) is 5.34. The number of nitrogens with one attached hydrogen (secondary N) is 3. The quantitative estimate of drug-likeness (QED) is 0.444. The van der Waals surface area contributed by atoms with E-state index >= 15 is 0 Å². The van der Waals surface area contributed by atoms with Crippen LogP contribution in [0.3, 0.4) is 0 Å². The number of carbonyl (C=O) groups excluding carboxylic acids is 2. The number of rotatable bonds is 5. The molecule has 0 fully saturated rings. The molecular weight excluding hydrogens is 444 g/mol. The molecule has 11 heteroatoms. The fourth-order valence-corrected chi connectivity index (χ4v) is 2.75. The highest BCUT2D eigenvalue weighted by Gasteiger charge is 2.32. The number of hydrogen-bond acceptors (Lipinski definition) is 4. The van der Waals surface area contributed by atoms with Crippen LogP contribution in [0.25, 0.3) is 0 Å². The molecule has 1 heterocycles. The second-order valence-corrected chi connectivity index (χ2v) is 6.68. The molecule has 2 aromatic carbocycles. The van der Waals surface area contributed by atoms with Crippen molar-refractivity contribution in [3.8, 4) is 11.5 Å². The largest absolute Gasteiger partial charge is 0.457 e. The summed E-state index contributed by atoms with van der Waals surface area (Å²) in [5.41, 5.74) is -1.60. The molecule has 3 N–H and O–H groups in total.